The number of fused-ring (bicyclic) bond motifs is 1. The van der Waals surface area contributed by atoms with Gasteiger partial charge in [0.2, 0.25) is 0 Å². The van der Waals surface area contributed by atoms with Gasteiger partial charge in [0.25, 0.3) is 5.91 Å². The number of benzene rings is 2. The first kappa shape index (κ1) is 17.0. The second-order valence-electron chi connectivity index (χ2n) is 5.80. The number of likely N-dealkylation sites (N-methyl/N-ethyl adjacent to an activating group) is 1. The Morgan fingerprint density at radius 2 is 1.83 bits per heavy atom. The maximum absolute atomic E-state index is 11.8. The van der Waals surface area contributed by atoms with Gasteiger partial charge in [-0.15, -0.1) is 0 Å². The van der Waals surface area contributed by atoms with Gasteiger partial charge in [0, 0.05) is 12.1 Å². The fraction of sp³-hybridized carbons (Fsp3) is 0.333. The Bertz CT molecular complexity index is 685. The summed E-state index contributed by atoms with van der Waals surface area (Å²) in [5, 5.41) is 7.38. The predicted octanol–water partition coefficient (Wildman–Crippen LogP) is 1.09. The fourth-order valence-corrected chi connectivity index (χ4v) is 2.49. The number of rotatable bonds is 6. The monoisotopic (exact) mass is 314 g/mol. The van der Waals surface area contributed by atoms with E-state index in [1.54, 1.807) is 0 Å². The number of nitrogens with one attached hydrogen (secondary N) is 3. The Morgan fingerprint density at radius 3 is 2.57 bits per heavy atom. The minimum Gasteiger partial charge on any atom is -0.338 e. The Kier molecular flexibility index (Phi) is 6.11. The van der Waals surface area contributed by atoms with E-state index in [1.165, 1.54) is 16.3 Å². The van der Waals surface area contributed by atoms with Gasteiger partial charge in [-0.05, 0) is 23.3 Å². The number of imide groups is 1. The zero-order valence-corrected chi connectivity index (χ0v) is 13.7. The topological polar surface area (TPSA) is 62.6 Å². The van der Waals surface area contributed by atoms with E-state index < -0.39 is 6.03 Å². The molecule has 0 fully saturated rings. The molecule has 0 radical (unpaired) electrons. The van der Waals surface area contributed by atoms with Gasteiger partial charge in [0.1, 0.15) is 6.54 Å². The molecule has 0 saturated heterocycles. The van der Waals surface area contributed by atoms with Crippen LogP contribution in [0.25, 0.3) is 10.8 Å². The lowest BCUT2D eigenvalue weighted by Gasteiger charge is -2.14. The number of carbonyl (C=O) groups is 2. The van der Waals surface area contributed by atoms with Crippen LogP contribution in [0.5, 0.6) is 0 Å². The van der Waals surface area contributed by atoms with Gasteiger partial charge < -0.3 is 10.2 Å². The lowest BCUT2D eigenvalue weighted by molar-refractivity contribution is -0.885. The summed E-state index contributed by atoms with van der Waals surface area (Å²) >= 11 is 0. The molecule has 2 aromatic rings. The summed E-state index contributed by atoms with van der Waals surface area (Å²) in [7, 11) is 1.94. The van der Waals surface area contributed by atoms with Crippen LogP contribution >= 0.6 is 0 Å². The molecule has 23 heavy (non-hydrogen) atoms. The van der Waals surface area contributed by atoms with E-state index in [0.29, 0.717) is 6.54 Å². The zero-order valence-electron chi connectivity index (χ0n) is 13.7. The van der Waals surface area contributed by atoms with Crippen molar-refractivity contribution >= 4 is 22.7 Å². The highest BCUT2D eigenvalue weighted by Gasteiger charge is 2.13. The fourth-order valence-electron chi connectivity index (χ4n) is 2.49. The number of hydrogen-bond acceptors (Lipinski definition) is 2. The Morgan fingerprint density at radius 1 is 1.09 bits per heavy atom. The first-order valence-corrected chi connectivity index (χ1v) is 7.95. The van der Waals surface area contributed by atoms with Crippen LogP contribution in [0.3, 0.4) is 0 Å². The maximum atomic E-state index is 11.8. The molecule has 0 bridgehead atoms. The maximum Gasteiger partial charge on any atom is 0.321 e. The molecule has 1 atom stereocenters. The molecule has 0 heterocycles. The molecule has 5 nitrogen and oxygen atoms in total. The Hall–Kier alpha value is -2.40. The van der Waals surface area contributed by atoms with E-state index >= 15 is 0 Å². The van der Waals surface area contributed by atoms with Crippen molar-refractivity contribution < 1.29 is 14.5 Å². The van der Waals surface area contributed by atoms with Gasteiger partial charge in [0.15, 0.2) is 6.54 Å². The standard InChI is InChI=1S/C18H23N3O2/c1-3-10-19-18(23)20-17(22)13-21(2)12-14-8-9-15-6-4-5-7-16(15)11-14/h4-9,11H,3,10,12-13H2,1-2H3,(H2,19,20,22,23)/p+1. The Balaban J connectivity index is 1.86. The van der Waals surface area contributed by atoms with Gasteiger partial charge in [0.05, 0.1) is 7.05 Å². The number of urea groups is 1. The summed E-state index contributed by atoms with van der Waals surface area (Å²) < 4.78 is 0. The van der Waals surface area contributed by atoms with Crippen LogP contribution in [0.4, 0.5) is 4.79 Å². The van der Waals surface area contributed by atoms with Crippen molar-refractivity contribution in [1.82, 2.24) is 10.6 Å². The molecule has 5 heteroatoms. The summed E-state index contributed by atoms with van der Waals surface area (Å²) in [4.78, 5) is 24.3. The molecule has 0 aliphatic rings. The summed E-state index contributed by atoms with van der Waals surface area (Å²) in [6.07, 6.45) is 0.842. The van der Waals surface area contributed by atoms with Crippen molar-refractivity contribution in [2.75, 3.05) is 20.1 Å². The van der Waals surface area contributed by atoms with Crippen LogP contribution in [0.1, 0.15) is 18.9 Å². The van der Waals surface area contributed by atoms with Gasteiger partial charge in [-0.3, -0.25) is 10.1 Å². The summed E-state index contributed by atoms with van der Waals surface area (Å²) in [5.41, 5.74) is 1.17. The van der Waals surface area contributed by atoms with Crippen LogP contribution < -0.4 is 15.5 Å². The quantitative estimate of drug-likeness (QED) is 0.747. The van der Waals surface area contributed by atoms with Gasteiger partial charge in [-0.2, -0.15) is 0 Å². The van der Waals surface area contributed by atoms with Crippen molar-refractivity contribution in [3.63, 3.8) is 0 Å². The summed E-state index contributed by atoms with van der Waals surface area (Å²) in [6.45, 7) is 3.52. The first-order chi connectivity index (χ1) is 11.1. The van der Waals surface area contributed by atoms with Crippen LogP contribution in [0.2, 0.25) is 0 Å². The largest absolute Gasteiger partial charge is 0.338 e. The average Bonchev–Trinajstić information content (AvgIpc) is 2.52. The van der Waals surface area contributed by atoms with E-state index in [2.05, 4.69) is 41.0 Å². The molecule has 3 N–H and O–H groups in total. The molecule has 2 aromatic carbocycles. The lowest BCUT2D eigenvalue weighted by Crippen LogP contribution is -3.09. The number of quaternary nitrogens is 1. The molecule has 2 rings (SSSR count). The van der Waals surface area contributed by atoms with E-state index in [4.69, 9.17) is 0 Å². The third-order valence-corrected chi connectivity index (χ3v) is 3.57. The van der Waals surface area contributed by atoms with Crippen molar-refractivity contribution in [3.05, 3.63) is 48.0 Å². The SMILES string of the molecule is CCCNC(=O)NC(=O)C[NH+](C)Cc1ccc2ccccc2c1. The highest BCUT2D eigenvalue weighted by molar-refractivity contribution is 5.94. The highest BCUT2D eigenvalue weighted by Crippen LogP contribution is 2.14. The number of carbonyl (C=O) groups excluding carboxylic acids is 2. The van der Waals surface area contributed by atoms with E-state index in [9.17, 15) is 9.59 Å². The average molecular weight is 314 g/mol. The van der Waals surface area contributed by atoms with E-state index in [-0.39, 0.29) is 12.5 Å². The second kappa shape index (κ2) is 8.29. The molecular weight excluding hydrogens is 290 g/mol. The van der Waals surface area contributed by atoms with Crippen LogP contribution in [-0.2, 0) is 11.3 Å². The predicted molar refractivity (Wildman–Crippen MR) is 91.2 cm³/mol. The summed E-state index contributed by atoms with van der Waals surface area (Å²) in [5.74, 6) is -0.267. The molecule has 0 saturated carbocycles. The lowest BCUT2D eigenvalue weighted by atomic mass is 10.1. The van der Waals surface area contributed by atoms with Crippen molar-refractivity contribution in [2.45, 2.75) is 19.9 Å². The molecule has 0 aliphatic heterocycles. The van der Waals surface area contributed by atoms with Crippen molar-refractivity contribution in [1.29, 1.82) is 0 Å². The molecule has 122 valence electrons. The molecule has 1 unspecified atom stereocenters. The molecule has 0 spiro atoms. The van der Waals surface area contributed by atoms with Crippen LogP contribution in [-0.4, -0.2) is 32.1 Å². The number of amides is 3. The molecule has 0 aromatic heterocycles. The van der Waals surface area contributed by atoms with Crippen LogP contribution in [0, 0.1) is 0 Å². The second-order valence-corrected chi connectivity index (χ2v) is 5.80. The first-order valence-electron chi connectivity index (χ1n) is 7.95. The van der Waals surface area contributed by atoms with Crippen molar-refractivity contribution in [2.24, 2.45) is 0 Å². The van der Waals surface area contributed by atoms with Crippen molar-refractivity contribution in [3.8, 4) is 0 Å². The van der Waals surface area contributed by atoms with Gasteiger partial charge in [-0.25, -0.2) is 4.79 Å². The van der Waals surface area contributed by atoms with Crippen LogP contribution in [0.15, 0.2) is 42.5 Å². The van der Waals surface area contributed by atoms with Gasteiger partial charge >= 0.3 is 6.03 Å². The normalized spacial score (nSPS) is 11.9. The Labute approximate surface area is 136 Å². The minimum absolute atomic E-state index is 0.256. The molecule has 0 aliphatic carbocycles. The van der Waals surface area contributed by atoms with Gasteiger partial charge in [-0.1, -0.05) is 43.3 Å². The highest BCUT2D eigenvalue weighted by atomic mass is 16.2. The summed E-state index contributed by atoms with van der Waals surface area (Å²) in [6, 6.07) is 14.1. The third kappa shape index (κ3) is 5.38. The molecular formula is C18H24N3O2+. The third-order valence-electron chi connectivity index (χ3n) is 3.57. The van der Waals surface area contributed by atoms with E-state index in [1.807, 2.05) is 26.1 Å². The minimum atomic E-state index is -0.421. The zero-order chi connectivity index (χ0) is 16.7. The number of hydrogen-bond donors (Lipinski definition) is 3. The van der Waals surface area contributed by atoms with E-state index in [0.717, 1.165) is 17.9 Å². The molecule has 3 amide bonds. The smallest absolute Gasteiger partial charge is 0.321 e.